The lowest BCUT2D eigenvalue weighted by molar-refractivity contribution is -0.159. The number of hydrogen-bond donors (Lipinski definition) is 1. The number of hydrogen-bond acceptors (Lipinski definition) is 4. The minimum Gasteiger partial charge on any atom is -0.300 e. The number of Topliss-reactive ketones (excluding diaryl/α,β-unsaturated/α-hetero) is 2. The lowest BCUT2D eigenvalue weighted by atomic mass is 9.44. The summed E-state index contributed by atoms with van der Waals surface area (Å²) in [5.41, 5.74) is 0.372. The Morgan fingerprint density at radius 1 is 1.00 bits per heavy atom. The van der Waals surface area contributed by atoms with E-state index in [9.17, 15) is 18.0 Å². The first kappa shape index (κ1) is 26.3. The fourth-order valence-electron chi connectivity index (χ4n) is 8.96. The van der Waals surface area contributed by atoms with Crippen molar-refractivity contribution in [2.24, 2.45) is 46.3 Å². The minimum absolute atomic E-state index is 0.159. The summed E-state index contributed by atoms with van der Waals surface area (Å²) < 4.78 is 26.9. The molecular weight excluding hydrogens is 446 g/mol. The number of rotatable bonds is 9. The van der Waals surface area contributed by atoms with Crippen molar-refractivity contribution in [1.82, 2.24) is 4.72 Å². The highest BCUT2D eigenvalue weighted by atomic mass is 32.2. The highest BCUT2D eigenvalue weighted by molar-refractivity contribution is 7.89. The molecule has 34 heavy (non-hydrogen) atoms. The Hall–Kier alpha value is -0.750. The lowest BCUT2D eigenvalue weighted by Crippen LogP contribution is -2.57. The number of sulfonamides is 1. The minimum atomic E-state index is -3.14. The molecule has 0 spiro atoms. The molecule has 0 bridgehead atoms. The number of fused-ring (bicyclic) bond motifs is 5. The maximum Gasteiger partial charge on any atom is 0.211 e. The van der Waals surface area contributed by atoms with Gasteiger partial charge in [-0.2, -0.15) is 0 Å². The van der Waals surface area contributed by atoms with Gasteiger partial charge in [0.25, 0.3) is 0 Å². The van der Waals surface area contributed by atoms with E-state index in [1.54, 1.807) is 0 Å². The van der Waals surface area contributed by atoms with Gasteiger partial charge in [-0.25, -0.2) is 13.1 Å². The van der Waals surface area contributed by atoms with Gasteiger partial charge in [-0.15, -0.1) is 0 Å². The highest BCUT2D eigenvalue weighted by Gasteiger charge is 2.63. The zero-order valence-electron chi connectivity index (χ0n) is 21.9. The van der Waals surface area contributed by atoms with Crippen molar-refractivity contribution >= 4 is 21.6 Å². The summed E-state index contributed by atoms with van der Waals surface area (Å²) in [5, 5.41) is 0. The second kappa shape index (κ2) is 9.95. The third kappa shape index (κ3) is 4.79. The summed E-state index contributed by atoms with van der Waals surface area (Å²) in [7, 11) is -3.14. The van der Waals surface area contributed by atoms with Gasteiger partial charge >= 0.3 is 0 Å². The largest absolute Gasteiger partial charge is 0.300 e. The third-order valence-electron chi connectivity index (χ3n) is 11.0. The van der Waals surface area contributed by atoms with Crippen LogP contribution in [0.1, 0.15) is 105 Å². The van der Waals surface area contributed by atoms with Crippen LogP contribution in [0.15, 0.2) is 0 Å². The molecule has 0 aromatic heterocycles. The van der Waals surface area contributed by atoms with Gasteiger partial charge in [0, 0.05) is 31.7 Å². The van der Waals surface area contributed by atoms with Gasteiger partial charge in [0.05, 0.1) is 5.75 Å². The molecule has 4 saturated carbocycles. The topological polar surface area (TPSA) is 80.3 Å². The Kier molecular flexibility index (Phi) is 7.70. The number of carbonyl (C=O) groups is 2. The maximum atomic E-state index is 13.5. The molecule has 0 aliphatic heterocycles. The molecule has 4 fully saturated rings. The molecule has 0 amide bonds. The van der Waals surface area contributed by atoms with Crippen molar-refractivity contribution < 1.29 is 18.0 Å². The first-order chi connectivity index (χ1) is 16.0. The van der Waals surface area contributed by atoms with Gasteiger partial charge in [0.15, 0.2) is 0 Å². The van der Waals surface area contributed by atoms with Crippen LogP contribution in [0.25, 0.3) is 0 Å². The zero-order chi connectivity index (χ0) is 24.7. The average molecular weight is 494 g/mol. The lowest BCUT2D eigenvalue weighted by Gasteiger charge is -2.59. The van der Waals surface area contributed by atoms with Crippen LogP contribution in [0, 0.1) is 46.3 Å². The third-order valence-corrected chi connectivity index (χ3v) is 12.4. The van der Waals surface area contributed by atoms with Gasteiger partial charge in [-0.05, 0) is 91.8 Å². The molecule has 4 rings (SSSR count). The summed E-state index contributed by atoms with van der Waals surface area (Å²) in [6, 6.07) is 0. The Morgan fingerprint density at radius 2 is 1.74 bits per heavy atom. The Morgan fingerprint density at radius 3 is 2.47 bits per heavy atom. The Labute approximate surface area is 207 Å². The molecule has 5 nitrogen and oxygen atoms in total. The van der Waals surface area contributed by atoms with E-state index < -0.39 is 10.0 Å². The van der Waals surface area contributed by atoms with Crippen molar-refractivity contribution in [3.05, 3.63) is 0 Å². The fourth-order valence-corrected chi connectivity index (χ4v) is 10.2. The van der Waals surface area contributed by atoms with Gasteiger partial charge in [0.2, 0.25) is 10.0 Å². The van der Waals surface area contributed by atoms with Crippen LogP contribution in [-0.2, 0) is 19.6 Å². The number of ketones is 2. The van der Waals surface area contributed by atoms with Crippen molar-refractivity contribution in [3.63, 3.8) is 0 Å². The molecule has 8 atom stereocenters. The molecule has 194 valence electrons. The molecule has 0 heterocycles. The van der Waals surface area contributed by atoms with E-state index in [4.69, 9.17) is 0 Å². The molecule has 4 aliphatic rings. The number of unbranched alkanes of at least 4 members (excludes halogenated alkanes) is 1. The number of nitrogens with one attached hydrogen (secondary N) is 1. The molecule has 0 radical (unpaired) electrons. The molecule has 4 aliphatic carbocycles. The smallest absolute Gasteiger partial charge is 0.211 e. The molecule has 0 aromatic rings. The molecule has 0 saturated heterocycles. The molecule has 0 aromatic carbocycles. The predicted molar refractivity (Wildman–Crippen MR) is 136 cm³/mol. The van der Waals surface area contributed by atoms with Crippen molar-refractivity contribution in [2.75, 3.05) is 12.3 Å². The van der Waals surface area contributed by atoms with Gasteiger partial charge in [-0.3, -0.25) is 9.59 Å². The van der Waals surface area contributed by atoms with Crippen LogP contribution >= 0.6 is 0 Å². The van der Waals surface area contributed by atoms with Gasteiger partial charge in [0.1, 0.15) is 11.6 Å². The Balaban J connectivity index is 1.38. The predicted octanol–water partition coefficient (Wildman–Crippen LogP) is 5.53. The Bertz CT molecular complexity index is 885. The van der Waals surface area contributed by atoms with Crippen LogP contribution in [0.3, 0.4) is 0 Å². The quantitative estimate of drug-likeness (QED) is 0.428. The van der Waals surface area contributed by atoms with Crippen LogP contribution in [0.5, 0.6) is 0 Å². The van der Waals surface area contributed by atoms with Gasteiger partial charge in [-0.1, -0.05) is 34.1 Å². The van der Waals surface area contributed by atoms with E-state index in [2.05, 4.69) is 25.5 Å². The molecule has 1 N–H and O–H groups in total. The van der Waals surface area contributed by atoms with E-state index in [0.717, 1.165) is 38.5 Å². The second-order valence-electron chi connectivity index (χ2n) is 12.8. The van der Waals surface area contributed by atoms with E-state index in [0.29, 0.717) is 67.5 Å². The van der Waals surface area contributed by atoms with Gasteiger partial charge < -0.3 is 0 Å². The number of carbonyl (C=O) groups excluding carboxylic acids is 2. The van der Waals surface area contributed by atoms with Crippen LogP contribution in [0.2, 0.25) is 0 Å². The first-order valence-electron chi connectivity index (χ1n) is 14.0. The standard InChI is InChI=1S/C28H47NO4S/c1-5-6-16-34(32,33)29-15-7-8-19(2)22-9-10-23-26-24(12-14-28(22,23)4)27(3)13-11-21(30)17-20(27)18-25(26)31/h19-20,22-24,26,29H,5-18H2,1-4H3/t19-,20+,22-,23+,24+,26+,27+,28-/m1/s1. The van der Waals surface area contributed by atoms with E-state index in [1.165, 1.54) is 12.8 Å². The van der Waals surface area contributed by atoms with E-state index in [1.807, 2.05) is 6.92 Å². The normalized spacial score (nSPS) is 41.0. The highest BCUT2D eigenvalue weighted by Crippen LogP contribution is 2.67. The summed E-state index contributed by atoms with van der Waals surface area (Å²) in [4.78, 5) is 25.6. The molecular formula is C28H47NO4S. The summed E-state index contributed by atoms with van der Waals surface area (Å²) in [5.74, 6) is 3.59. The maximum absolute atomic E-state index is 13.5. The first-order valence-corrected chi connectivity index (χ1v) is 15.7. The summed E-state index contributed by atoms with van der Waals surface area (Å²) in [6.45, 7) is 9.75. The molecule has 6 heteroatoms. The second-order valence-corrected chi connectivity index (χ2v) is 14.7. The van der Waals surface area contributed by atoms with Crippen molar-refractivity contribution in [2.45, 2.75) is 105 Å². The van der Waals surface area contributed by atoms with Crippen molar-refractivity contribution in [1.29, 1.82) is 0 Å². The van der Waals surface area contributed by atoms with E-state index >= 15 is 0 Å². The van der Waals surface area contributed by atoms with Crippen LogP contribution < -0.4 is 4.72 Å². The zero-order valence-corrected chi connectivity index (χ0v) is 22.7. The van der Waals surface area contributed by atoms with Crippen molar-refractivity contribution in [3.8, 4) is 0 Å². The van der Waals surface area contributed by atoms with Crippen LogP contribution in [0.4, 0.5) is 0 Å². The fraction of sp³-hybridized carbons (Fsp3) is 0.929. The van der Waals surface area contributed by atoms with Crippen LogP contribution in [-0.4, -0.2) is 32.3 Å². The van der Waals surface area contributed by atoms with E-state index in [-0.39, 0.29) is 28.4 Å². The average Bonchev–Trinajstić information content (AvgIpc) is 3.13. The SMILES string of the molecule is CCCCS(=O)(=O)NCCC[C@@H](C)[C@H]1CC[C@H]2[C@@H]3C(=O)C[C@@H]4CC(=O)CC[C@]4(C)[C@H]3CC[C@]12C. The summed E-state index contributed by atoms with van der Waals surface area (Å²) in [6.07, 6.45) is 11.1. The summed E-state index contributed by atoms with van der Waals surface area (Å²) >= 11 is 0. The molecule has 0 unspecified atom stereocenters. The monoisotopic (exact) mass is 493 g/mol.